The van der Waals surface area contributed by atoms with Gasteiger partial charge in [0.25, 0.3) is 0 Å². The number of unbranched alkanes of at least 4 members (excludes halogenated alkanes) is 4. The van der Waals surface area contributed by atoms with Gasteiger partial charge in [-0.25, -0.2) is 0 Å². The molecule has 0 aliphatic carbocycles. The van der Waals surface area contributed by atoms with Gasteiger partial charge in [-0.2, -0.15) is 0 Å². The molecule has 1 rings (SSSR count). The van der Waals surface area contributed by atoms with Crippen molar-refractivity contribution in [2.45, 2.75) is 50.7 Å². The van der Waals surface area contributed by atoms with Crippen LogP contribution in [0.1, 0.15) is 45.4 Å². The van der Waals surface area contributed by atoms with E-state index in [0.29, 0.717) is 5.25 Å². The first kappa shape index (κ1) is 12.1. The SMILES string of the molecule is CCCCCCCOCC1CC=CS1. The molecule has 0 spiro atoms. The lowest BCUT2D eigenvalue weighted by Gasteiger charge is -2.08. The third-order valence-corrected chi connectivity index (χ3v) is 3.53. The number of ether oxygens (including phenoxy) is 1. The summed E-state index contributed by atoms with van der Waals surface area (Å²) in [6, 6.07) is 0. The van der Waals surface area contributed by atoms with E-state index in [-0.39, 0.29) is 0 Å². The second kappa shape index (κ2) is 8.37. The highest BCUT2D eigenvalue weighted by Crippen LogP contribution is 2.23. The highest BCUT2D eigenvalue weighted by molar-refractivity contribution is 8.03. The van der Waals surface area contributed by atoms with Crippen LogP contribution in [0, 0.1) is 0 Å². The molecule has 1 aliphatic rings. The number of allylic oxidation sites excluding steroid dienone is 1. The molecule has 2 heteroatoms. The standard InChI is InChI=1S/C12H22OS/c1-2-3-4-5-6-9-13-11-12-8-7-10-14-12/h7,10,12H,2-6,8-9,11H2,1H3. The Kier molecular flexibility index (Phi) is 7.24. The Hall–Kier alpha value is 0.0500. The van der Waals surface area contributed by atoms with Crippen LogP contribution in [0.2, 0.25) is 0 Å². The fraction of sp³-hybridized carbons (Fsp3) is 0.833. The average Bonchev–Trinajstić information content (AvgIpc) is 2.69. The van der Waals surface area contributed by atoms with E-state index in [1.54, 1.807) is 0 Å². The van der Waals surface area contributed by atoms with E-state index in [1.165, 1.54) is 38.5 Å². The van der Waals surface area contributed by atoms with Gasteiger partial charge in [0.05, 0.1) is 6.61 Å². The normalized spacial score (nSPS) is 20.5. The summed E-state index contributed by atoms with van der Waals surface area (Å²) < 4.78 is 5.64. The molecule has 0 bridgehead atoms. The van der Waals surface area contributed by atoms with Crippen molar-refractivity contribution in [2.24, 2.45) is 0 Å². The Morgan fingerprint density at radius 3 is 2.86 bits per heavy atom. The smallest absolute Gasteiger partial charge is 0.0591 e. The third kappa shape index (κ3) is 5.71. The van der Waals surface area contributed by atoms with Crippen LogP contribution in [0.5, 0.6) is 0 Å². The molecule has 0 radical (unpaired) electrons. The van der Waals surface area contributed by atoms with Crippen molar-refractivity contribution in [1.82, 2.24) is 0 Å². The van der Waals surface area contributed by atoms with E-state index in [4.69, 9.17) is 4.74 Å². The third-order valence-electron chi connectivity index (χ3n) is 2.46. The molecule has 0 saturated heterocycles. The minimum Gasteiger partial charge on any atom is -0.380 e. The molecule has 0 fully saturated rings. The lowest BCUT2D eigenvalue weighted by atomic mass is 10.2. The van der Waals surface area contributed by atoms with Crippen molar-refractivity contribution in [3.63, 3.8) is 0 Å². The van der Waals surface area contributed by atoms with Crippen LogP contribution in [0.15, 0.2) is 11.5 Å². The topological polar surface area (TPSA) is 9.23 Å². The molecule has 1 atom stereocenters. The number of hydrogen-bond acceptors (Lipinski definition) is 2. The van der Waals surface area contributed by atoms with Gasteiger partial charge in [-0.3, -0.25) is 0 Å². The summed E-state index contributed by atoms with van der Waals surface area (Å²) in [5.41, 5.74) is 0. The maximum atomic E-state index is 5.64. The van der Waals surface area contributed by atoms with Crippen molar-refractivity contribution in [3.05, 3.63) is 11.5 Å². The first-order valence-electron chi connectivity index (χ1n) is 5.81. The van der Waals surface area contributed by atoms with Gasteiger partial charge in [-0.15, -0.1) is 11.8 Å². The van der Waals surface area contributed by atoms with Gasteiger partial charge in [0.15, 0.2) is 0 Å². The van der Waals surface area contributed by atoms with Crippen LogP contribution in [0.25, 0.3) is 0 Å². The molecule has 0 aromatic rings. The summed E-state index contributed by atoms with van der Waals surface area (Å²) in [6.45, 7) is 4.15. The molecular formula is C12H22OS. The van der Waals surface area contributed by atoms with Gasteiger partial charge < -0.3 is 4.74 Å². The number of hydrogen-bond donors (Lipinski definition) is 0. The lowest BCUT2D eigenvalue weighted by molar-refractivity contribution is 0.131. The Labute approximate surface area is 92.3 Å². The first-order chi connectivity index (χ1) is 6.93. The van der Waals surface area contributed by atoms with E-state index in [2.05, 4.69) is 18.4 Å². The molecule has 82 valence electrons. The van der Waals surface area contributed by atoms with Gasteiger partial charge in [-0.1, -0.05) is 38.7 Å². The minimum absolute atomic E-state index is 0.700. The predicted octanol–water partition coefficient (Wildman–Crippen LogP) is 3.99. The molecule has 0 N–H and O–H groups in total. The second-order valence-corrected chi connectivity index (χ2v) is 5.07. The molecule has 1 unspecified atom stereocenters. The number of thioether (sulfide) groups is 1. The Morgan fingerprint density at radius 2 is 2.14 bits per heavy atom. The summed E-state index contributed by atoms with van der Waals surface area (Å²) in [6.07, 6.45) is 10.1. The van der Waals surface area contributed by atoms with E-state index < -0.39 is 0 Å². The van der Waals surface area contributed by atoms with Crippen molar-refractivity contribution in [3.8, 4) is 0 Å². The summed E-state index contributed by atoms with van der Waals surface area (Å²) in [5.74, 6) is 0. The zero-order chi connectivity index (χ0) is 10.1. The van der Waals surface area contributed by atoms with E-state index >= 15 is 0 Å². The predicted molar refractivity (Wildman–Crippen MR) is 64.7 cm³/mol. The molecule has 14 heavy (non-hydrogen) atoms. The average molecular weight is 214 g/mol. The first-order valence-corrected chi connectivity index (χ1v) is 6.76. The Bertz CT molecular complexity index is 148. The van der Waals surface area contributed by atoms with Gasteiger partial charge in [0.2, 0.25) is 0 Å². The quantitative estimate of drug-likeness (QED) is 0.565. The number of rotatable bonds is 8. The zero-order valence-corrected chi connectivity index (χ0v) is 10.0. The van der Waals surface area contributed by atoms with Gasteiger partial charge in [-0.05, 0) is 18.2 Å². The van der Waals surface area contributed by atoms with E-state index in [0.717, 1.165) is 13.2 Å². The highest BCUT2D eigenvalue weighted by Gasteiger charge is 2.09. The Balaban J connectivity index is 1.75. The maximum Gasteiger partial charge on any atom is 0.0591 e. The molecular weight excluding hydrogens is 192 g/mol. The van der Waals surface area contributed by atoms with Crippen LogP contribution in [-0.4, -0.2) is 18.5 Å². The fourth-order valence-electron chi connectivity index (χ4n) is 1.56. The molecule has 0 aromatic carbocycles. The molecule has 1 heterocycles. The van der Waals surface area contributed by atoms with Gasteiger partial charge in [0, 0.05) is 11.9 Å². The van der Waals surface area contributed by atoms with Crippen LogP contribution in [0.3, 0.4) is 0 Å². The monoisotopic (exact) mass is 214 g/mol. The lowest BCUT2D eigenvalue weighted by Crippen LogP contribution is -2.09. The van der Waals surface area contributed by atoms with Crippen LogP contribution in [0.4, 0.5) is 0 Å². The summed E-state index contributed by atoms with van der Waals surface area (Å²) in [4.78, 5) is 0. The van der Waals surface area contributed by atoms with Crippen LogP contribution in [-0.2, 0) is 4.74 Å². The van der Waals surface area contributed by atoms with Crippen molar-refractivity contribution < 1.29 is 4.74 Å². The summed E-state index contributed by atoms with van der Waals surface area (Å²) >= 11 is 1.91. The van der Waals surface area contributed by atoms with Crippen molar-refractivity contribution >= 4 is 11.8 Å². The van der Waals surface area contributed by atoms with Gasteiger partial charge in [0.1, 0.15) is 0 Å². The highest BCUT2D eigenvalue weighted by atomic mass is 32.2. The Morgan fingerprint density at radius 1 is 1.29 bits per heavy atom. The van der Waals surface area contributed by atoms with Crippen LogP contribution < -0.4 is 0 Å². The largest absolute Gasteiger partial charge is 0.380 e. The van der Waals surface area contributed by atoms with E-state index in [1.807, 2.05) is 11.8 Å². The van der Waals surface area contributed by atoms with Crippen molar-refractivity contribution in [2.75, 3.05) is 13.2 Å². The summed E-state index contributed by atoms with van der Waals surface area (Å²) in [5, 5.41) is 2.89. The fourth-order valence-corrected chi connectivity index (χ4v) is 2.40. The molecule has 0 amide bonds. The molecule has 0 aromatic heterocycles. The van der Waals surface area contributed by atoms with Gasteiger partial charge >= 0.3 is 0 Å². The molecule has 0 saturated carbocycles. The van der Waals surface area contributed by atoms with Crippen molar-refractivity contribution in [1.29, 1.82) is 0 Å². The zero-order valence-electron chi connectivity index (χ0n) is 9.21. The summed E-state index contributed by atoms with van der Waals surface area (Å²) in [7, 11) is 0. The molecule has 1 nitrogen and oxygen atoms in total. The van der Waals surface area contributed by atoms with Crippen LogP contribution >= 0.6 is 11.8 Å². The maximum absolute atomic E-state index is 5.64. The minimum atomic E-state index is 0.700. The van der Waals surface area contributed by atoms with E-state index in [9.17, 15) is 0 Å². The second-order valence-electron chi connectivity index (χ2n) is 3.85. The molecule has 1 aliphatic heterocycles.